The summed E-state index contributed by atoms with van der Waals surface area (Å²) in [5.74, 6) is 0.506. The number of likely N-dealkylation sites (tertiary alicyclic amines) is 1. The van der Waals surface area contributed by atoms with Crippen molar-refractivity contribution in [1.82, 2.24) is 24.6 Å². The molecule has 0 aliphatic carbocycles. The Morgan fingerprint density at radius 3 is 2.48 bits per heavy atom. The maximum Gasteiger partial charge on any atom is 0.0916 e. The van der Waals surface area contributed by atoms with Crippen LogP contribution in [0, 0.1) is 0 Å². The lowest BCUT2D eigenvalue weighted by Gasteiger charge is -2.35. The van der Waals surface area contributed by atoms with Gasteiger partial charge in [0.1, 0.15) is 0 Å². The monoisotopic (exact) mass is 313 g/mol. The highest BCUT2D eigenvalue weighted by Gasteiger charge is 2.24. The molecule has 0 bridgehead atoms. The van der Waals surface area contributed by atoms with E-state index in [1.54, 1.807) is 0 Å². The van der Waals surface area contributed by atoms with Crippen molar-refractivity contribution in [2.75, 3.05) is 13.1 Å². The fourth-order valence-electron chi connectivity index (χ4n) is 3.17. The average molecular weight is 313 g/mol. The Balaban J connectivity index is 1.73. The zero-order chi connectivity index (χ0) is 16.4. The zero-order valence-electron chi connectivity index (χ0n) is 14.6. The van der Waals surface area contributed by atoms with Crippen LogP contribution in [0.15, 0.2) is 24.8 Å². The molecule has 1 aliphatic heterocycles. The van der Waals surface area contributed by atoms with Crippen molar-refractivity contribution in [3.05, 3.63) is 30.5 Å². The predicted octanol–water partition coefficient (Wildman–Crippen LogP) is 3.51. The molecule has 1 atom stereocenters. The molecule has 5 nitrogen and oxygen atoms in total. The number of aromatic nitrogens is 4. The molecule has 0 spiro atoms. The number of hydrogen-bond acceptors (Lipinski definition) is 4. The van der Waals surface area contributed by atoms with E-state index in [0.717, 1.165) is 23.5 Å². The second kappa shape index (κ2) is 6.79. The summed E-state index contributed by atoms with van der Waals surface area (Å²) in [6.07, 6.45) is 10.2. The summed E-state index contributed by atoms with van der Waals surface area (Å²) < 4.78 is 1.95. The Labute approximate surface area is 138 Å². The van der Waals surface area contributed by atoms with E-state index in [-0.39, 0.29) is 0 Å². The number of hydrogen-bond donors (Lipinski definition) is 0. The molecule has 23 heavy (non-hydrogen) atoms. The fraction of sp³-hybridized carbons (Fsp3) is 0.611. The summed E-state index contributed by atoms with van der Waals surface area (Å²) in [6, 6.07) is 0.965. The van der Waals surface area contributed by atoms with Crippen LogP contribution in [0.25, 0.3) is 11.3 Å². The third-order valence-electron chi connectivity index (χ3n) is 4.70. The van der Waals surface area contributed by atoms with Crippen LogP contribution in [-0.2, 0) is 0 Å². The van der Waals surface area contributed by atoms with E-state index in [1.807, 2.05) is 29.5 Å². The third kappa shape index (κ3) is 3.61. The van der Waals surface area contributed by atoms with Crippen LogP contribution in [0.2, 0.25) is 0 Å². The summed E-state index contributed by atoms with van der Waals surface area (Å²) in [7, 11) is 0. The second-order valence-electron chi connectivity index (χ2n) is 7.06. The maximum absolute atomic E-state index is 4.70. The van der Waals surface area contributed by atoms with Crippen LogP contribution < -0.4 is 0 Å². The SMILES string of the molecule is CC(C)N1CCC[C@@H](c2cnc(-c3cnn(C(C)C)c3)cn2)C1. The standard InChI is InChI=1S/C18H27N5/c1-13(2)22-7-5-6-15(11-22)17-9-20-18(10-19-17)16-8-21-23(12-16)14(3)4/h8-10,12-15H,5-7,11H2,1-4H3/t15-/m1/s1. The van der Waals surface area contributed by atoms with Gasteiger partial charge in [-0.05, 0) is 47.1 Å². The molecule has 0 unspecified atom stereocenters. The molecule has 0 aromatic carbocycles. The van der Waals surface area contributed by atoms with Gasteiger partial charge in [-0.15, -0.1) is 0 Å². The van der Waals surface area contributed by atoms with E-state index < -0.39 is 0 Å². The van der Waals surface area contributed by atoms with Gasteiger partial charge in [0.05, 0.1) is 23.8 Å². The van der Waals surface area contributed by atoms with Crippen molar-refractivity contribution < 1.29 is 0 Å². The van der Waals surface area contributed by atoms with Crippen molar-refractivity contribution in [2.45, 2.75) is 58.5 Å². The number of rotatable bonds is 4. The Hall–Kier alpha value is -1.75. The van der Waals surface area contributed by atoms with Crippen LogP contribution in [-0.4, -0.2) is 43.8 Å². The maximum atomic E-state index is 4.70. The van der Waals surface area contributed by atoms with Gasteiger partial charge in [0, 0.05) is 42.5 Å². The van der Waals surface area contributed by atoms with Crippen molar-refractivity contribution in [1.29, 1.82) is 0 Å². The van der Waals surface area contributed by atoms with Gasteiger partial charge in [-0.1, -0.05) is 0 Å². The highest BCUT2D eigenvalue weighted by molar-refractivity contribution is 5.55. The molecule has 1 fully saturated rings. The Morgan fingerprint density at radius 1 is 1.04 bits per heavy atom. The molecule has 1 aliphatic rings. The van der Waals surface area contributed by atoms with Crippen LogP contribution >= 0.6 is 0 Å². The van der Waals surface area contributed by atoms with Gasteiger partial charge in [-0.3, -0.25) is 14.6 Å². The molecule has 2 aromatic heterocycles. The van der Waals surface area contributed by atoms with Crippen molar-refractivity contribution in [2.24, 2.45) is 0 Å². The molecule has 3 rings (SSSR count). The third-order valence-corrected chi connectivity index (χ3v) is 4.70. The van der Waals surface area contributed by atoms with Gasteiger partial charge < -0.3 is 4.90 Å². The normalized spacial score (nSPS) is 19.7. The smallest absolute Gasteiger partial charge is 0.0916 e. The van der Waals surface area contributed by atoms with Crippen LogP contribution in [0.3, 0.4) is 0 Å². The van der Waals surface area contributed by atoms with Gasteiger partial charge in [0.2, 0.25) is 0 Å². The highest BCUT2D eigenvalue weighted by Crippen LogP contribution is 2.27. The van der Waals surface area contributed by atoms with E-state index in [9.17, 15) is 0 Å². The predicted molar refractivity (Wildman–Crippen MR) is 92.3 cm³/mol. The summed E-state index contributed by atoms with van der Waals surface area (Å²) in [5, 5.41) is 4.38. The molecule has 1 saturated heterocycles. The first-order chi connectivity index (χ1) is 11.0. The second-order valence-corrected chi connectivity index (χ2v) is 7.06. The van der Waals surface area contributed by atoms with E-state index in [1.165, 1.54) is 19.4 Å². The van der Waals surface area contributed by atoms with Gasteiger partial charge in [-0.2, -0.15) is 5.10 Å². The summed E-state index contributed by atoms with van der Waals surface area (Å²) >= 11 is 0. The first kappa shape index (κ1) is 16.1. The Kier molecular flexibility index (Phi) is 4.76. The molecule has 2 aromatic rings. The minimum absolute atomic E-state index is 0.361. The zero-order valence-corrected chi connectivity index (χ0v) is 14.6. The van der Waals surface area contributed by atoms with Gasteiger partial charge in [0.25, 0.3) is 0 Å². The molecule has 3 heterocycles. The van der Waals surface area contributed by atoms with Crippen molar-refractivity contribution >= 4 is 0 Å². The quantitative estimate of drug-likeness (QED) is 0.866. The van der Waals surface area contributed by atoms with E-state index in [0.29, 0.717) is 18.0 Å². The lowest BCUT2D eigenvalue weighted by atomic mass is 9.94. The molecule has 0 saturated carbocycles. The first-order valence-electron chi connectivity index (χ1n) is 8.65. The number of piperidine rings is 1. The lowest BCUT2D eigenvalue weighted by molar-refractivity contribution is 0.166. The largest absolute Gasteiger partial charge is 0.300 e. The summed E-state index contributed by atoms with van der Waals surface area (Å²) in [4.78, 5) is 11.9. The Morgan fingerprint density at radius 2 is 1.87 bits per heavy atom. The molecule has 0 radical (unpaired) electrons. The van der Waals surface area contributed by atoms with Crippen LogP contribution in [0.4, 0.5) is 0 Å². The van der Waals surface area contributed by atoms with Crippen molar-refractivity contribution in [3.8, 4) is 11.3 Å². The molecule has 124 valence electrons. The summed E-state index contributed by atoms with van der Waals surface area (Å²) in [5.41, 5.74) is 3.05. The van der Waals surface area contributed by atoms with Gasteiger partial charge in [0.15, 0.2) is 0 Å². The minimum atomic E-state index is 0.361. The molecule has 0 amide bonds. The highest BCUT2D eigenvalue weighted by atomic mass is 15.3. The van der Waals surface area contributed by atoms with E-state index in [4.69, 9.17) is 4.98 Å². The van der Waals surface area contributed by atoms with Crippen LogP contribution in [0.1, 0.15) is 58.2 Å². The average Bonchev–Trinajstić information content (AvgIpc) is 3.05. The van der Waals surface area contributed by atoms with Gasteiger partial charge in [-0.25, -0.2) is 0 Å². The molecule has 0 N–H and O–H groups in total. The lowest BCUT2D eigenvalue weighted by Crippen LogP contribution is -2.39. The topological polar surface area (TPSA) is 46.8 Å². The van der Waals surface area contributed by atoms with Crippen LogP contribution in [0.5, 0.6) is 0 Å². The van der Waals surface area contributed by atoms with Crippen molar-refractivity contribution in [3.63, 3.8) is 0 Å². The molecular weight excluding hydrogens is 286 g/mol. The van der Waals surface area contributed by atoms with E-state index >= 15 is 0 Å². The minimum Gasteiger partial charge on any atom is -0.300 e. The first-order valence-corrected chi connectivity index (χ1v) is 8.65. The molecular formula is C18H27N5. The molecule has 5 heteroatoms. The fourth-order valence-corrected chi connectivity index (χ4v) is 3.17. The number of nitrogens with zero attached hydrogens (tertiary/aromatic N) is 5. The van der Waals surface area contributed by atoms with E-state index in [2.05, 4.69) is 42.7 Å². The van der Waals surface area contributed by atoms with Gasteiger partial charge >= 0.3 is 0 Å². The Bertz CT molecular complexity index is 629. The summed E-state index contributed by atoms with van der Waals surface area (Å²) in [6.45, 7) is 11.1.